The maximum atomic E-state index is 12.3. The minimum atomic E-state index is -0.0964. The van der Waals surface area contributed by atoms with Crippen LogP contribution in [0.2, 0.25) is 0 Å². The molecule has 0 radical (unpaired) electrons. The molecule has 1 aromatic rings. The van der Waals surface area contributed by atoms with Crippen LogP contribution in [-0.4, -0.2) is 47.4 Å². The van der Waals surface area contributed by atoms with Crippen LogP contribution in [-0.2, 0) is 11.3 Å². The molecular weight excluding hydrogens is 238 g/mol. The minimum Gasteiger partial charge on any atom is -0.339 e. The van der Waals surface area contributed by atoms with Crippen molar-refractivity contribution in [2.45, 2.75) is 40.3 Å². The molecule has 1 heterocycles. The van der Waals surface area contributed by atoms with E-state index in [0.29, 0.717) is 6.54 Å². The maximum Gasteiger partial charge on any atom is 0.239 e. The summed E-state index contributed by atoms with van der Waals surface area (Å²) in [7, 11) is 3.80. The topological polar surface area (TPSA) is 36.4 Å². The monoisotopic (exact) mass is 263 g/mol. The molecule has 1 atom stereocenters. The van der Waals surface area contributed by atoms with Crippen LogP contribution in [0.25, 0.3) is 0 Å². The predicted octanol–water partition coefficient (Wildman–Crippen LogP) is 2.00. The first-order valence-corrected chi connectivity index (χ1v) is 6.74. The number of pyridine rings is 1. The summed E-state index contributed by atoms with van der Waals surface area (Å²) >= 11 is 0. The number of rotatable bonds is 5. The molecule has 4 heteroatoms. The van der Waals surface area contributed by atoms with Crippen molar-refractivity contribution in [3.63, 3.8) is 0 Å². The second-order valence-corrected chi connectivity index (χ2v) is 5.22. The van der Waals surface area contributed by atoms with Crippen LogP contribution in [0.5, 0.6) is 0 Å². The van der Waals surface area contributed by atoms with Gasteiger partial charge in [-0.2, -0.15) is 0 Å². The van der Waals surface area contributed by atoms with Crippen LogP contribution in [0.1, 0.15) is 30.8 Å². The fourth-order valence-corrected chi connectivity index (χ4v) is 2.11. The molecule has 0 spiro atoms. The molecular formula is C15H25N3O. The highest BCUT2D eigenvalue weighted by atomic mass is 16.2. The lowest BCUT2D eigenvalue weighted by molar-refractivity contribution is -0.135. The van der Waals surface area contributed by atoms with Gasteiger partial charge in [0.15, 0.2) is 0 Å². The Balaban J connectivity index is 2.73. The highest BCUT2D eigenvalue weighted by Gasteiger charge is 2.20. The average Bonchev–Trinajstić information content (AvgIpc) is 2.34. The summed E-state index contributed by atoms with van der Waals surface area (Å²) in [5, 5.41) is 0. The van der Waals surface area contributed by atoms with Crippen LogP contribution in [0.3, 0.4) is 0 Å². The van der Waals surface area contributed by atoms with Gasteiger partial charge < -0.3 is 4.90 Å². The van der Waals surface area contributed by atoms with Crippen molar-refractivity contribution >= 4 is 5.91 Å². The van der Waals surface area contributed by atoms with E-state index in [1.54, 1.807) is 4.90 Å². The summed E-state index contributed by atoms with van der Waals surface area (Å²) in [5.74, 6) is 0.130. The molecule has 0 aromatic carbocycles. The van der Waals surface area contributed by atoms with Crippen molar-refractivity contribution in [2.75, 3.05) is 20.6 Å². The maximum absolute atomic E-state index is 12.3. The normalized spacial score (nSPS) is 12.6. The third kappa shape index (κ3) is 4.31. The molecule has 1 amide bonds. The molecule has 1 unspecified atom stereocenters. The molecule has 0 aliphatic rings. The molecule has 106 valence electrons. The number of hydrogen-bond acceptors (Lipinski definition) is 3. The van der Waals surface area contributed by atoms with Crippen molar-refractivity contribution in [3.05, 3.63) is 29.1 Å². The van der Waals surface area contributed by atoms with E-state index in [1.807, 2.05) is 51.9 Å². The zero-order valence-corrected chi connectivity index (χ0v) is 12.9. The third-order valence-corrected chi connectivity index (χ3v) is 3.44. The lowest BCUT2D eigenvalue weighted by atomic mass is 10.2. The second-order valence-electron chi connectivity index (χ2n) is 5.22. The molecule has 0 fully saturated rings. The standard InChI is InChI=1S/C15H25N3O/c1-7-17(5)13(4)15(19)18(6)10-14-9-11(2)8-12(3)16-14/h8-9,13H,7,10H2,1-6H3. The first-order chi connectivity index (χ1) is 8.85. The van der Waals surface area contributed by atoms with Gasteiger partial charge in [-0.25, -0.2) is 0 Å². The van der Waals surface area contributed by atoms with Gasteiger partial charge in [0.2, 0.25) is 5.91 Å². The van der Waals surface area contributed by atoms with Gasteiger partial charge in [-0.15, -0.1) is 0 Å². The Bertz CT molecular complexity index is 425. The number of aromatic nitrogens is 1. The zero-order chi connectivity index (χ0) is 14.6. The van der Waals surface area contributed by atoms with Crippen molar-refractivity contribution < 1.29 is 4.79 Å². The van der Waals surface area contributed by atoms with Crippen LogP contribution in [0, 0.1) is 13.8 Å². The van der Waals surface area contributed by atoms with Crippen molar-refractivity contribution in [2.24, 2.45) is 0 Å². The highest BCUT2D eigenvalue weighted by Crippen LogP contribution is 2.08. The largest absolute Gasteiger partial charge is 0.339 e. The Morgan fingerprint density at radius 2 is 1.95 bits per heavy atom. The summed E-state index contributed by atoms with van der Waals surface area (Å²) in [6.45, 7) is 9.44. The van der Waals surface area contributed by atoms with Crippen molar-refractivity contribution in [1.82, 2.24) is 14.8 Å². The number of carbonyl (C=O) groups is 1. The summed E-state index contributed by atoms with van der Waals surface area (Å²) in [6.07, 6.45) is 0. The van der Waals surface area contributed by atoms with E-state index < -0.39 is 0 Å². The van der Waals surface area contributed by atoms with E-state index in [0.717, 1.165) is 17.9 Å². The molecule has 0 bridgehead atoms. The number of nitrogens with zero attached hydrogens (tertiary/aromatic N) is 3. The molecule has 0 N–H and O–H groups in total. The summed E-state index contributed by atoms with van der Waals surface area (Å²) in [5.41, 5.74) is 3.12. The fourth-order valence-electron chi connectivity index (χ4n) is 2.11. The van der Waals surface area contributed by atoms with E-state index in [1.165, 1.54) is 5.56 Å². The molecule has 1 rings (SSSR count). The summed E-state index contributed by atoms with van der Waals surface area (Å²) in [6, 6.07) is 3.98. The lowest BCUT2D eigenvalue weighted by Gasteiger charge is -2.27. The molecule has 0 aliphatic carbocycles. The van der Waals surface area contributed by atoms with E-state index in [4.69, 9.17) is 0 Å². The van der Waals surface area contributed by atoms with Crippen molar-refractivity contribution in [1.29, 1.82) is 0 Å². The Hall–Kier alpha value is -1.42. The number of likely N-dealkylation sites (N-methyl/N-ethyl adjacent to an activating group) is 2. The fraction of sp³-hybridized carbons (Fsp3) is 0.600. The van der Waals surface area contributed by atoms with Gasteiger partial charge in [0.25, 0.3) is 0 Å². The number of hydrogen-bond donors (Lipinski definition) is 0. The van der Waals surface area contributed by atoms with E-state index in [-0.39, 0.29) is 11.9 Å². The van der Waals surface area contributed by atoms with Gasteiger partial charge in [0.05, 0.1) is 18.3 Å². The molecule has 19 heavy (non-hydrogen) atoms. The van der Waals surface area contributed by atoms with E-state index >= 15 is 0 Å². The summed E-state index contributed by atoms with van der Waals surface area (Å²) < 4.78 is 0. The van der Waals surface area contributed by atoms with Crippen LogP contribution >= 0.6 is 0 Å². The van der Waals surface area contributed by atoms with Gasteiger partial charge in [0, 0.05) is 12.7 Å². The molecule has 0 saturated carbocycles. The number of amides is 1. The van der Waals surface area contributed by atoms with Gasteiger partial charge in [-0.3, -0.25) is 14.7 Å². The van der Waals surface area contributed by atoms with Gasteiger partial charge in [-0.1, -0.05) is 6.92 Å². The van der Waals surface area contributed by atoms with Crippen LogP contribution < -0.4 is 0 Å². The quantitative estimate of drug-likeness (QED) is 0.815. The number of carbonyl (C=O) groups excluding carboxylic acids is 1. The number of aryl methyl sites for hydroxylation is 2. The van der Waals surface area contributed by atoms with E-state index in [9.17, 15) is 4.79 Å². The molecule has 1 aromatic heterocycles. The average molecular weight is 263 g/mol. The van der Waals surface area contributed by atoms with Crippen molar-refractivity contribution in [3.8, 4) is 0 Å². The van der Waals surface area contributed by atoms with Gasteiger partial charge in [0.1, 0.15) is 0 Å². The lowest BCUT2D eigenvalue weighted by Crippen LogP contribution is -2.43. The summed E-state index contributed by atoms with van der Waals surface area (Å²) in [4.78, 5) is 20.5. The first-order valence-electron chi connectivity index (χ1n) is 6.74. The van der Waals surface area contributed by atoms with Crippen LogP contribution in [0.4, 0.5) is 0 Å². The predicted molar refractivity (Wildman–Crippen MR) is 78.0 cm³/mol. The Morgan fingerprint density at radius 1 is 1.32 bits per heavy atom. The highest BCUT2D eigenvalue weighted by molar-refractivity contribution is 5.81. The Kier molecular flexibility index (Phi) is 5.48. The first kappa shape index (κ1) is 15.6. The molecule has 0 saturated heterocycles. The molecule has 4 nitrogen and oxygen atoms in total. The SMILES string of the molecule is CCN(C)C(C)C(=O)N(C)Cc1cc(C)cc(C)n1. The van der Waals surface area contributed by atoms with E-state index in [2.05, 4.69) is 11.9 Å². The van der Waals surface area contributed by atoms with Crippen LogP contribution in [0.15, 0.2) is 12.1 Å². The minimum absolute atomic E-state index is 0.0964. The van der Waals surface area contributed by atoms with Gasteiger partial charge >= 0.3 is 0 Å². The Morgan fingerprint density at radius 3 is 2.47 bits per heavy atom. The smallest absolute Gasteiger partial charge is 0.239 e. The second kappa shape index (κ2) is 6.66. The zero-order valence-electron chi connectivity index (χ0n) is 12.9. The molecule has 0 aliphatic heterocycles. The Labute approximate surface area is 116 Å². The third-order valence-electron chi connectivity index (χ3n) is 3.44. The van der Waals surface area contributed by atoms with Gasteiger partial charge in [-0.05, 0) is 52.1 Å².